The van der Waals surface area contributed by atoms with Crippen molar-refractivity contribution in [2.24, 2.45) is 0 Å². The molecule has 0 saturated carbocycles. The van der Waals surface area contributed by atoms with Crippen molar-refractivity contribution in [3.8, 4) is 0 Å². The van der Waals surface area contributed by atoms with Crippen LogP contribution in [-0.4, -0.2) is 0 Å². The maximum Gasteiger partial charge on any atom is 0.115 e. The summed E-state index contributed by atoms with van der Waals surface area (Å²) in [7, 11) is 0. The molecule has 1 saturated heterocycles. The van der Waals surface area contributed by atoms with Gasteiger partial charge in [0.1, 0.15) is 12.2 Å². The number of ether oxygens (including phenoxy) is 1. The van der Waals surface area contributed by atoms with Crippen LogP contribution < -0.4 is 0 Å². The van der Waals surface area contributed by atoms with Crippen molar-refractivity contribution in [2.45, 2.75) is 22.0 Å². The van der Waals surface area contributed by atoms with Crippen LogP contribution in [0, 0.1) is 0 Å². The van der Waals surface area contributed by atoms with Crippen molar-refractivity contribution in [2.75, 3.05) is 0 Å². The zero-order valence-corrected chi connectivity index (χ0v) is 9.41. The molecule has 2 heterocycles. The molecule has 2 aliphatic rings. The van der Waals surface area contributed by atoms with Gasteiger partial charge in [0.15, 0.2) is 0 Å². The molecule has 2 aliphatic heterocycles. The summed E-state index contributed by atoms with van der Waals surface area (Å²) in [5, 5.41) is 0. The van der Waals surface area contributed by atoms with E-state index >= 15 is 0 Å². The summed E-state index contributed by atoms with van der Waals surface area (Å²) >= 11 is 1.86. The van der Waals surface area contributed by atoms with Crippen LogP contribution in [0.4, 0.5) is 0 Å². The first-order valence-corrected chi connectivity index (χ1v) is 6.26. The molecule has 0 N–H and O–H groups in total. The van der Waals surface area contributed by atoms with Crippen LogP contribution in [0.25, 0.3) is 0 Å². The first kappa shape index (κ1) is 8.85. The highest BCUT2D eigenvalue weighted by molar-refractivity contribution is 7.99. The smallest absolute Gasteiger partial charge is 0.115 e. The lowest BCUT2D eigenvalue weighted by Crippen LogP contribution is -1.82. The average Bonchev–Trinajstić information content (AvgIpc) is 3.09. The molecule has 16 heavy (non-hydrogen) atoms. The van der Waals surface area contributed by atoms with Crippen molar-refractivity contribution in [3.05, 3.63) is 59.7 Å². The number of hydrogen-bond acceptors (Lipinski definition) is 2. The molecule has 0 amide bonds. The van der Waals surface area contributed by atoms with E-state index in [-0.39, 0.29) is 12.2 Å². The standard InChI is InChI=1S/C14H10OS/c1-3-7-11-9(5-1)13-14(15-13)10-6-2-4-8-12(10)16-11/h1-8,13-14H. The molecular formula is C14H10OS. The Labute approximate surface area is 98.4 Å². The van der Waals surface area contributed by atoms with E-state index in [9.17, 15) is 0 Å². The first-order valence-electron chi connectivity index (χ1n) is 5.45. The second-order valence-electron chi connectivity index (χ2n) is 4.15. The molecule has 1 fully saturated rings. The van der Waals surface area contributed by atoms with E-state index in [0.29, 0.717) is 0 Å². The molecule has 2 atom stereocenters. The van der Waals surface area contributed by atoms with Gasteiger partial charge >= 0.3 is 0 Å². The van der Waals surface area contributed by atoms with Crippen LogP contribution >= 0.6 is 11.8 Å². The highest BCUT2D eigenvalue weighted by Gasteiger charge is 2.45. The van der Waals surface area contributed by atoms with Crippen LogP contribution in [0.2, 0.25) is 0 Å². The topological polar surface area (TPSA) is 12.5 Å². The number of rotatable bonds is 0. The summed E-state index contributed by atoms with van der Waals surface area (Å²) < 4.78 is 5.80. The van der Waals surface area contributed by atoms with E-state index in [4.69, 9.17) is 4.74 Å². The molecule has 0 aromatic heterocycles. The fourth-order valence-electron chi connectivity index (χ4n) is 2.32. The molecule has 0 aliphatic carbocycles. The normalized spacial score (nSPS) is 25.0. The molecule has 4 rings (SSSR count). The Kier molecular flexibility index (Phi) is 1.73. The highest BCUT2D eigenvalue weighted by atomic mass is 32.2. The summed E-state index contributed by atoms with van der Waals surface area (Å²) in [4.78, 5) is 2.67. The van der Waals surface area contributed by atoms with Gasteiger partial charge in [-0.3, -0.25) is 0 Å². The van der Waals surface area contributed by atoms with Gasteiger partial charge in [0.05, 0.1) is 0 Å². The van der Waals surface area contributed by atoms with Gasteiger partial charge < -0.3 is 4.74 Å². The summed E-state index contributed by atoms with van der Waals surface area (Å²) in [5.41, 5.74) is 2.68. The van der Waals surface area contributed by atoms with Crippen molar-refractivity contribution >= 4 is 11.8 Å². The molecule has 2 aromatic rings. The molecule has 2 heteroatoms. The lowest BCUT2D eigenvalue weighted by molar-refractivity contribution is 0.374. The van der Waals surface area contributed by atoms with Crippen LogP contribution in [0.1, 0.15) is 23.3 Å². The first-order chi connectivity index (χ1) is 7.93. The summed E-state index contributed by atoms with van der Waals surface area (Å²) in [6, 6.07) is 17.1. The summed E-state index contributed by atoms with van der Waals surface area (Å²) in [6.45, 7) is 0. The predicted octanol–water partition coefficient (Wildman–Crippen LogP) is 3.96. The van der Waals surface area contributed by atoms with Crippen LogP contribution in [0.15, 0.2) is 58.3 Å². The van der Waals surface area contributed by atoms with Crippen molar-refractivity contribution in [1.29, 1.82) is 0 Å². The second kappa shape index (κ2) is 3.12. The predicted molar refractivity (Wildman–Crippen MR) is 63.6 cm³/mol. The van der Waals surface area contributed by atoms with Crippen molar-refractivity contribution < 1.29 is 4.74 Å². The van der Waals surface area contributed by atoms with Gasteiger partial charge in [0.2, 0.25) is 0 Å². The van der Waals surface area contributed by atoms with E-state index in [1.165, 1.54) is 20.9 Å². The summed E-state index contributed by atoms with van der Waals surface area (Å²) in [6.07, 6.45) is 0.569. The van der Waals surface area contributed by atoms with E-state index in [1.54, 1.807) is 0 Å². The third-order valence-electron chi connectivity index (χ3n) is 3.16. The molecular weight excluding hydrogens is 216 g/mol. The Morgan fingerprint density at radius 2 is 1.25 bits per heavy atom. The van der Waals surface area contributed by atoms with Crippen molar-refractivity contribution in [1.82, 2.24) is 0 Å². The largest absolute Gasteiger partial charge is 0.359 e. The zero-order valence-electron chi connectivity index (χ0n) is 8.59. The minimum atomic E-state index is 0.285. The molecule has 1 nitrogen and oxygen atoms in total. The summed E-state index contributed by atoms with van der Waals surface area (Å²) in [5.74, 6) is 0. The molecule has 2 aromatic carbocycles. The highest BCUT2D eigenvalue weighted by Crippen LogP contribution is 2.58. The van der Waals surface area contributed by atoms with Gasteiger partial charge in [-0.15, -0.1) is 0 Å². The molecule has 0 bridgehead atoms. The monoisotopic (exact) mass is 226 g/mol. The van der Waals surface area contributed by atoms with Gasteiger partial charge in [-0.25, -0.2) is 0 Å². The number of benzene rings is 2. The minimum Gasteiger partial charge on any atom is -0.359 e. The number of epoxide rings is 1. The van der Waals surface area contributed by atoms with Crippen LogP contribution in [0.5, 0.6) is 0 Å². The molecule has 0 radical (unpaired) electrons. The maximum absolute atomic E-state index is 5.80. The molecule has 0 spiro atoms. The second-order valence-corrected chi connectivity index (χ2v) is 5.24. The quantitative estimate of drug-likeness (QED) is 0.630. The number of fused-ring (bicyclic) bond motifs is 5. The zero-order chi connectivity index (χ0) is 10.5. The SMILES string of the molecule is c1ccc2c(c1)Sc1ccccc1C1OC21. The van der Waals surface area contributed by atoms with Crippen LogP contribution in [-0.2, 0) is 4.74 Å². The van der Waals surface area contributed by atoms with E-state index in [1.807, 2.05) is 11.8 Å². The van der Waals surface area contributed by atoms with Crippen LogP contribution in [0.3, 0.4) is 0 Å². The Morgan fingerprint density at radius 1 is 0.750 bits per heavy atom. The van der Waals surface area contributed by atoms with Crippen molar-refractivity contribution in [3.63, 3.8) is 0 Å². The third-order valence-corrected chi connectivity index (χ3v) is 4.35. The van der Waals surface area contributed by atoms with Gasteiger partial charge in [-0.05, 0) is 23.3 Å². The average molecular weight is 226 g/mol. The van der Waals surface area contributed by atoms with Gasteiger partial charge in [0, 0.05) is 9.79 Å². The Balaban J connectivity index is 1.94. The lowest BCUT2D eigenvalue weighted by Gasteiger charge is -2.06. The van der Waals surface area contributed by atoms with E-state index in [2.05, 4.69) is 48.5 Å². The van der Waals surface area contributed by atoms with Gasteiger partial charge in [0.25, 0.3) is 0 Å². The Morgan fingerprint density at radius 3 is 1.81 bits per heavy atom. The van der Waals surface area contributed by atoms with Gasteiger partial charge in [-0.2, -0.15) is 0 Å². The van der Waals surface area contributed by atoms with Gasteiger partial charge in [-0.1, -0.05) is 48.2 Å². The molecule has 2 unspecified atom stereocenters. The lowest BCUT2D eigenvalue weighted by atomic mass is 10.0. The maximum atomic E-state index is 5.80. The van der Waals surface area contributed by atoms with E-state index in [0.717, 1.165) is 0 Å². The van der Waals surface area contributed by atoms with E-state index < -0.39 is 0 Å². The fraction of sp³-hybridized carbons (Fsp3) is 0.143. The minimum absolute atomic E-state index is 0.285. The third kappa shape index (κ3) is 1.17. The number of hydrogen-bond donors (Lipinski definition) is 0. The molecule has 78 valence electrons. The fourth-order valence-corrected chi connectivity index (χ4v) is 3.46. The Bertz CT molecular complexity index is 515. The Hall–Kier alpha value is -1.25.